The maximum absolute atomic E-state index is 13.2. The molecule has 0 N–H and O–H groups in total. The van der Waals surface area contributed by atoms with E-state index in [0.29, 0.717) is 35.1 Å². The summed E-state index contributed by atoms with van der Waals surface area (Å²) in [7, 11) is 1.57. The number of methoxy groups -OCH3 is 1. The SMILES string of the molecule is COc1cc(/C=C2/C(=O)N(c3ccc(F)cc3)N=C2C)ccc1OCc1ccccc1. The van der Waals surface area contributed by atoms with Crippen LogP contribution in [-0.4, -0.2) is 18.7 Å². The van der Waals surface area contributed by atoms with Gasteiger partial charge in [-0.2, -0.15) is 10.1 Å². The van der Waals surface area contributed by atoms with Crippen molar-refractivity contribution >= 4 is 23.4 Å². The summed E-state index contributed by atoms with van der Waals surface area (Å²) in [5.74, 6) is 0.547. The molecule has 0 atom stereocenters. The van der Waals surface area contributed by atoms with E-state index in [4.69, 9.17) is 9.47 Å². The molecular formula is C25H21FN2O3. The Morgan fingerprint density at radius 2 is 1.74 bits per heavy atom. The molecule has 1 amide bonds. The molecule has 31 heavy (non-hydrogen) atoms. The fourth-order valence-corrected chi connectivity index (χ4v) is 3.24. The average Bonchev–Trinajstić information content (AvgIpc) is 3.07. The Balaban J connectivity index is 1.54. The lowest BCUT2D eigenvalue weighted by Gasteiger charge is -2.12. The number of hydrogen-bond donors (Lipinski definition) is 0. The third-order valence-electron chi connectivity index (χ3n) is 4.87. The molecule has 0 aromatic heterocycles. The maximum Gasteiger partial charge on any atom is 0.280 e. The Morgan fingerprint density at radius 1 is 1.00 bits per heavy atom. The van der Waals surface area contributed by atoms with Gasteiger partial charge >= 0.3 is 0 Å². The van der Waals surface area contributed by atoms with Crippen molar-refractivity contribution < 1.29 is 18.7 Å². The summed E-state index contributed by atoms with van der Waals surface area (Å²) in [5, 5.41) is 5.60. The minimum absolute atomic E-state index is 0.271. The van der Waals surface area contributed by atoms with Gasteiger partial charge in [0, 0.05) is 0 Å². The van der Waals surface area contributed by atoms with E-state index in [1.165, 1.54) is 29.3 Å². The summed E-state index contributed by atoms with van der Waals surface area (Å²) >= 11 is 0. The lowest BCUT2D eigenvalue weighted by molar-refractivity contribution is -0.114. The molecule has 3 aromatic carbocycles. The van der Waals surface area contributed by atoms with Gasteiger partial charge in [0.2, 0.25) is 0 Å². The quantitative estimate of drug-likeness (QED) is 0.518. The van der Waals surface area contributed by atoms with Gasteiger partial charge in [0.15, 0.2) is 11.5 Å². The molecule has 0 unspecified atom stereocenters. The molecule has 1 heterocycles. The zero-order chi connectivity index (χ0) is 21.8. The number of anilines is 1. The fraction of sp³-hybridized carbons (Fsp3) is 0.120. The molecule has 1 aliphatic rings. The van der Waals surface area contributed by atoms with E-state index >= 15 is 0 Å². The molecule has 5 nitrogen and oxygen atoms in total. The third-order valence-corrected chi connectivity index (χ3v) is 4.87. The zero-order valence-corrected chi connectivity index (χ0v) is 17.2. The molecule has 6 heteroatoms. The zero-order valence-electron chi connectivity index (χ0n) is 17.2. The van der Waals surface area contributed by atoms with Crippen molar-refractivity contribution in [3.8, 4) is 11.5 Å². The second kappa shape index (κ2) is 8.83. The van der Waals surface area contributed by atoms with Crippen LogP contribution >= 0.6 is 0 Å². The van der Waals surface area contributed by atoms with Crippen LogP contribution in [0.2, 0.25) is 0 Å². The molecule has 156 valence electrons. The van der Waals surface area contributed by atoms with E-state index in [0.717, 1.165) is 11.1 Å². The van der Waals surface area contributed by atoms with Gasteiger partial charge in [0.25, 0.3) is 5.91 Å². The number of hydrogen-bond acceptors (Lipinski definition) is 4. The first-order valence-electron chi connectivity index (χ1n) is 9.77. The third kappa shape index (κ3) is 4.48. The molecule has 0 fully saturated rings. The first kappa shape index (κ1) is 20.3. The monoisotopic (exact) mass is 416 g/mol. The van der Waals surface area contributed by atoms with Crippen LogP contribution in [0.4, 0.5) is 10.1 Å². The number of ether oxygens (including phenoxy) is 2. The Morgan fingerprint density at radius 3 is 2.45 bits per heavy atom. The molecule has 4 rings (SSSR count). The summed E-state index contributed by atoms with van der Waals surface area (Å²) in [4.78, 5) is 12.9. The van der Waals surface area contributed by atoms with Gasteiger partial charge in [0.1, 0.15) is 12.4 Å². The van der Waals surface area contributed by atoms with Crippen LogP contribution in [0.15, 0.2) is 83.5 Å². The summed E-state index contributed by atoms with van der Waals surface area (Å²) < 4.78 is 24.6. The number of carbonyl (C=O) groups excluding carboxylic acids is 1. The molecule has 0 spiro atoms. The van der Waals surface area contributed by atoms with Gasteiger partial charge in [-0.3, -0.25) is 4.79 Å². The van der Waals surface area contributed by atoms with Crippen LogP contribution in [0.5, 0.6) is 11.5 Å². The number of amides is 1. The standard InChI is InChI=1S/C25H21FN2O3/c1-17-22(25(29)28(27-17)21-11-9-20(26)10-12-21)14-19-8-13-23(24(15-19)30-2)31-16-18-6-4-3-5-7-18/h3-15H,16H2,1-2H3/b22-14+. The van der Waals surface area contributed by atoms with E-state index < -0.39 is 0 Å². The molecule has 0 saturated carbocycles. The van der Waals surface area contributed by atoms with E-state index in [9.17, 15) is 9.18 Å². The molecule has 3 aromatic rings. The number of carbonyl (C=O) groups is 1. The molecule has 0 radical (unpaired) electrons. The first-order chi connectivity index (χ1) is 15.0. The van der Waals surface area contributed by atoms with Crippen molar-refractivity contribution in [1.82, 2.24) is 0 Å². The van der Waals surface area contributed by atoms with E-state index in [-0.39, 0.29) is 11.7 Å². The number of nitrogens with zero attached hydrogens (tertiary/aromatic N) is 2. The van der Waals surface area contributed by atoms with Crippen molar-refractivity contribution in [3.05, 3.63) is 95.3 Å². The predicted octanol–water partition coefficient (Wildman–Crippen LogP) is 5.22. The minimum atomic E-state index is -0.367. The summed E-state index contributed by atoms with van der Waals surface area (Å²) in [6.45, 7) is 2.19. The van der Waals surface area contributed by atoms with E-state index in [1.807, 2.05) is 48.5 Å². The van der Waals surface area contributed by atoms with E-state index in [2.05, 4.69) is 5.10 Å². The summed E-state index contributed by atoms with van der Waals surface area (Å²) in [6, 6.07) is 21.0. The lowest BCUT2D eigenvalue weighted by Crippen LogP contribution is -2.21. The van der Waals surface area contributed by atoms with Gasteiger partial charge in [-0.15, -0.1) is 0 Å². The largest absolute Gasteiger partial charge is 0.493 e. The van der Waals surface area contributed by atoms with Gasteiger partial charge in [-0.25, -0.2) is 4.39 Å². The lowest BCUT2D eigenvalue weighted by atomic mass is 10.1. The molecular weight excluding hydrogens is 395 g/mol. The van der Waals surface area contributed by atoms with Gasteiger partial charge in [-0.05, 0) is 60.5 Å². The number of rotatable bonds is 6. The topological polar surface area (TPSA) is 51.1 Å². The van der Waals surface area contributed by atoms with Crippen LogP contribution < -0.4 is 14.5 Å². The van der Waals surface area contributed by atoms with Gasteiger partial charge < -0.3 is 9.47 Å². The number of benzene rings is 3. The Bertz CT molecular complexity index is 1160. The van der Waals surface area contributed by atoms with Crippen LogP contribution in [0, 0.1) is 5.82 Å². The minimum Gasteiger partial charge on any atom is -0.493 e. The fourth-order valence-electron chi connectivity index (χ4n) is 3.24. The second-order valence-electron chi connectivity index (χ2n) is 7.02. The summed E-state index contributed by atoms with van der Waals surface area (Å²) in [6.07, 6.45) is 1.76. The van der Waals surface area contributed by atoms with Crippen molar-refractivity contribution in [1.29, 1.82) is 0 Å². The van der Waals surface area contributed by atoms with Crippen molar-refractivity contribution in [3.63, 3.8) is 0 Å². The van der Waals surface area contributed by atoms with Gasteiger partial charge in [0.05, 0.1) is 24.1 Å². The molecule has 0 aliphatic carbocycles. The highest BCUT2D eigenvalue weighted by molar-refractivity contribution is 6.32. The van der Waals surface area contributed by atoms with Crippen LogP contribution in [0.1, 0.15) is 18.1 Å². The second-order valence-corrected chi connectivity index (χ2v) is 7.02. The normalized spacial score (nSPS) is 14.7. The first-order valence-corrected chi connectivity index (χ1v) is 9.77. The van der Waals surface area contributed by atoms with Crippen molar-refractivity contribution in [2.45, 2.75) is 13.5 Å². The van der Waals surface area contributed by atoms with Crippen molar-refractivity contribution in [2.75, 3.05) is 12.1 Å². The van der Waals surface area contributed by atoms with Crippen LogP contribution in [-0.2, 0) is 11.4 Å². The Hall–Kier alpha value is -3.93. The van der Waals surface area contributed by atoms with Crippen LogP contribution in [0.3, 0.4) is 0 Å². The van der Waals surface area contributed by atoms with Crippen molar-refractivity contribution in [2.24, 2.45) is 5.10 Å². The highest BCUT2D eigenvalue weighted by Crippen LogP contribution is 2.31. The van der Waals surface area contributed by atoms with Crippen LogP contribution in [0.25, 0.3) is 6.08 Å². The molecule has 0 saturated heterocycles. The average molecular weight is 416 g/mol. The Labute approximate surface area is 180 Å². The smallest absolute Gasteiger partial charge is 0.280 e. The number of halogens is 1. The number of hydrazone groups is 1. The predicted molar refractivity (Wildman–Crippen MR) is 119 cm³/mol. The molecule has 0 bridgehead atoms. The molecule has 1 aliphatic heterocycles. The Kier molecular flexibility index (Phi) is 5.80. The summed E-state index contributed by atoms with van der Waals surface area (Å²) in [5.41, 5.74) is 3.39. The van der Waals surface area contributed by atoms with Gasteiger partial charge in [-0.1, -0.05) is 36.4 Å². The maximum atomic E-state index is 13.2. The highest BCUT2D eigenvalue weighted by Gasteiger charge is 2.28. The van der Waals surface area contributed by atoms with E-state index in [1.54, 1.807) is 20.1 Å². The highest BCUT2D eigenvalue weighted by atomic mass is 19.1.